The van der Waals surface area contributed by atoms with Crippen LogP contribution in [0.2, 0.25) is 10.0 Å². The van der Waals surface area contributed by atoms with Crippen molar-refractivity contribution in [3.05, 3.63) is 58.1 Å². The van der Waals surface area contributed by atoms with Crippen LogP contribution in [0.1, 0.15) is 12.5 Å². The number of nitrogens with one attached hydrogen (secondary N) is 1. The van der Waals surface area contributed by atoms with Crippen LogP contribution in [-0.4, -0.2) is 12.0 Å². The molecular formula is C16H12Cl2N2O2. The molecule has 1 N–H and O–H groups in total. The van der Waals surface area contributed by atoms with E-state index in [2.05, 4.69) is 5.32 Å². The molecule has 0 saturated heterocycles. The van der Waals surface area contributed by atoms with E-state index < -0.39 is 6.10 Å². The Hall–Kier alpha value is -2.22. The molecule has 2 rings (SSSR count). The molecule has 0 saturated carbocycles. The zero-order valence-corrected chi connectivity index (χ0v) is 13.2. The van der Waals surface area contributed by atoms with E-state index in [1.807, 2.05) is 6.07 Å². The zero-order valence-electron chi connectivity index (χ0n) is 11.6. The van der Waals surface area contributed by atoms with Crippen LogP contribution in [0.3, 0.4) is 0 Å². The lowest BCUT2D eigenvalue weighted by atomic mass is 10.2. The Kier molecular flexibility index (Phi) is 5.26. The Labute approximate surface area is 138 Å². The lowest BCUT2D eigenvalue weighted by Crippen LogP contribution is -2.30. The molecule has 0 spiro atoms. The van der Waals surface area contributed by atoms with Gasteiger partial charge in [-0.3, -0.25) is 4.79 Å². The highest BCUT2D eigenvalue weighted by Crippen LogP contribution is 2.26. The lowest BCUT2D eigenvalue weighted by Gasteiger charge is -2.15. The highest BCUT2D eigenvalue weighted by Gasteiger charge is 2.16. The van der Waals surface area contributed by atoms with Crippen molar-refractivity contribution in [2.75, 3.05) is 5.32 Å². The molecular weight excluding hydrogens is 323 g/mol. The Morgan fingerprint density at radius 1 is 1.23 bits per heavy atom. The minimum Gasteiger partial charge on any atom is -0.479 e. The number of halogens is 2. The average molecular weight is 335 g/mol. The maximum atomic E-state index is 12.1. The number of anilines is 1. The molecule has 4 nitrogen and oxygen atoms in total. The number of amides is 1. The van der Waals surface area contributed by atoms with Crippen molar-refractivity contribution in [2.45, 2.75) is 13.0 Å². The number of hydrogen-bond acceptors (Lipinski definition) is 3. The van der Waals surface area contributed by atoms with Crippen molar-refractivity contribution in [1.82, 2.24) is 0 Å². The lowest BCUT2D eigenvalue weighted by molar-refractivity contribution is -0.122. The standard InChI is InChI=1S/C16H12Cl2N2O2/c1-10(16(21)20-13-5-3-12(17)4-6-13)22-15-7-2-11(9-19)8-14(15)18/h2-8,10H,1H3,(H,20,21)/t10-/m0/s1. The fourth-order valence-electron chi connectivity index (χ4n) is 1.69. The summed E-state index contributed by atoms with van der Waals surface area (Å²) in [7, 11) is 0. The van der Waals surface area contributed by atoms with Gasteiger partial charge in [-0.05, 0) is 49.4 Å². The van der Waals surface area contributed by atoms with Crippen LogP contribution in [0.15, 0.2) is 42.5 Å². The van der Waals surface area contributed by atoms with Gasteiger partial charge in [0.05, 0.1) is 16.7 Å². The highest BCUT2D eigenvalue weighted by atomic mass is 35.5. The molecule has 6 heteroatoms. The van der Waals surface area contributed by atoms with Crippen molar-refractivity contribution < 1.29 is 9.53 Å². The van der Waals surface area contributed by atoms with E-state index in [0.29, 0.717) is 22.0 Å². The third-order valence-electron chi connectivity index (χ3n) is 2.85. The summed E-state index contributed by atoms with van der Waals surface area (Å²) in [6.07, 6.45) is -0.749. The van der Waals surface area contributed by atoms with E-state index >= 15 is 0 Å². The number of benzene rings is 2. The second kappa shape index (κ2) is 7.17. The minimum atomic E-state index is -0.749. The molecule has 1 amide bonds. The molecule has 0 fully saturated rings. The Morgan fingerprint density at radius 2 is 1.91 bits per heavy atom. The third kappa shape index (κ3) is 4.14. The van der Waals surface area contributed by atoms with Gasteiger partial charge in [0.1, 0.15) is 5.75 Å². The SMILES string of the molecule is C[C@H](Oc1ccc(C#N)cc1Cl)C(=O)Nc1ccc(Cl)cc1. The van der Waals surface area contributed by atoms with E-state index in [0.717, 1.165) is 0 Å². The number of nitriles is 1. The van der Waals surface area contributed by atoms with Gasteiger partial charge in [0.2, 0.25) is 0 Å². The van der Waals surface area contributed by atoms with Crippen LogP contribution in [0.25, 0.3) is 0 Å². The quantitative estimate of drug-likeness (QED) is 0.907. The normalized spacial score (nSPS) is 11.4. The fraction of sp³-hybridized carbons (Fsp3) is 0.125. The molecule has 0 radical (unpaired) electrons. The fourth-order valence-corrected chi connectivity index (χ4v) is 2.04. The molecule has 2 aromatic rings. The average Bonchev–Trinajstić information content (AvgIpc) is 2.51. The molecule has 0 heterocycles. The minimum absolute atomic E-state index is 0.283. The number of ether oxygens (including phenoxy) is 1. The number of nitrogens with zero attached hydrogens (tertiary/aromatic N) is 1. The maximum absolute atomic E-state index is 12.1. The Morgan fingerprint density at radius 3 is 2.50 bits per heavy atom. The van der Waals surface area contributed by atoms with Crippen LogP contribution in [0.5, 0.6) is 5.75 Å². The molecule has 0 aliphatic rings. The second-order valence-corrected chi connectivity index (χ2v) is 5.36. The summed E-state index contributed by atoms with van der Waals surface area (Å²) in [6, 6.07) is 13.4. The van der Waals surface area contributed by atoms with E-state index in [9.17, 15) is 4.79 Å². The van der Waals surface area contributed by atoms with Crippen LogP contribution >= 0.6 is 23.2 Å². The maximum Gasteiger partial charge on any atom is 0.265 e. The summed E-state index contributed by atoms with van der Waals surface area (Å²) in [6.45, 7) is 1.61. The van der Waals surface area contributed by atoms with E-state index in [1.165, 1.54) is 6.07 Å². The van der Waals surface area contributed by atoms with E-state index in [-0.39, 0.29) is 10.9 Å². The molecule has 0 bridgehead atoms. The monoisotopic (exact) mass is 334 g/mol. The van der Waals surface area contributed by atoms with Crippen LogP contribution in [-0.2, 0) is 4.79 Å². The van der Waals surface area contributed by atoms with Crippen LogP contribution in [0, 0.1) is 11.3 Å². The molecule has 22 heavy (non-hydrogen) atoms. The van der Waals surface area contributed by atoms with Gasteiger partial charge in [-0.25, -0.2) is 0 Å². The summed E-state index contributed by atoms with van der Waals surface area (Å²) in [5, 5.41) is 12.4. The van der Waals surface area contributed by atoms with Crippen molar-refractivity contribution in [2.24, 2.45) is 0 Å². The topological polar surface area (TPSA) is 62.1 Å². The largest absolute Gasteiger partial charge is 0.479 e. The molecule has 0 aliphatic carbocycles. The summed E-state index contributed by atoms with van der Waals surface area (Å²) in [4.78, 5) is 12.1. The summed E-state index contributed by atoms with van der Waals surface area (Å²) < 4.78 is 5.52. The van der Waals surface area contributed by atoms with Gasteiger partial charge in [-0.15, -0.1) is 0 Å². The van der Waals surface area contributed by atoms with Gasteiger partial charge in [0.15, 0.2) is 6.10 Å². The number of hydrogen-bond donors (Lipinski definition) is 1. The number of rotatable bonds is 4. The predicted octanol–water partition coefficient (Wildman–Crippen LogP) is 4.27. The van der Waals surface area contributed by atoms with Crippen molar-refractivity contribution in [1.29, 1.82) is 5.26 Å². The molecule has 0 unspecified atom stereocenters. The molecule has 2 aromatic carbocycles. The smallest absolute Gasteiger partial charge is 0.265 e. The van der Waals surface area contributed by atoms with Gasteiger partial charge in [-0.1, -0.05) is 23.2 Å². The molecule has 0 aromatic heterocycles. The van der Waals surface area contributed by atoms with Gasteiger partial charge in [0, 0.05) is 10.7 Å². The Bertz CT molecular complexity index is 724. The van der Waals surface area contributed by atoms with Gasteiger partial charge in [-0.2, -0.15) is 5.26 Å². The first-order chi connectivity index (χ1) is 10.5. The first-order valence-electron chi connectivity index (χ1n) is 6.42. The van der Waals surface area contributed by atoms with Crippen molar-refractivity contribution >= 4 is 34.8 Å². The zero-order chi connectivity index (χ0) is 16.1. The van der Waals surface area contributed by atoms with Gasteiger partial charge >= 0.3 is 0 Å². The number of carbonyl (C=O) groups excluding carboxylic acids is 1. The van der Waals surface area contributed by atoms with E-state index in [4.69, 9.17) is 33.2 Å². The second-order valence-electron chi connectivity index (χ2n) is 4.51. The summed E-state index contributed by atoms with van der Waals surface area (Å²) >= 11 is 11.8. The van der Waals surface area contributed by atoms with Crippen LogP contribution < -0.4 is 10.1 Å². The van der Waals surface area contributed by atoms with E-state index in [1.54, 1.807) is 43.3 Å². The third-order valence-corrected chi connectivity index (χ3v) is 3.39. The predicted molar refractivity (Wildman–Crippen MR) is 86.3 cm³/mol. The van der Waals surface area contributed by atoms with Crippen molar-refractivity contribution in [3.63, 3.8) is 0 Å². The van der Waals surface area contributed by atoms with Gasteiger partial charge < -0.3 is 10.1 Å². The molecule has 112 valence electrons. The first kappa shape index (κ1) is 16.2. The number of carbonyl (C=O) groups is 1. The Balaban J connectivity index is 2.02. The first-order valence-corrected chi connectivity index (χ1v) is 7.18. The summed E-state index contributed by atoms with van der Waals surface area (Å²) in [5.74, 6) is 0.0298. The molecule has 0 aliphatic heterocycles. The van der Waals surface area contributed by atoms with Crippen molar-refractivity contribution in [3.8, 4) is 11.8 Å². The van der Waals surface area contributed by atoms with Crippen LogP contribution in [0.4, 0.5) is 5.69 Å². The van der Waals surface area contributed by atoms with Gasteiger partial charge in [0.25, 0.3) is 5.91 Å². The summed E-state index contributed by atoms with van der Waals surface area (Å²) in [5.41, 5.74) is 1.05. The highest BCUT2D eigenvalue weighted by molar-refractivity contribution is 6.32. The molecule has 1 atom stereocenters.